The molecule has 0 fully saturated rings. The second-order valence-electron chi connectivity index (χ2n) is 4.14. The maximum absolute atomic E-state index is 11.0. The van der Waals surface area contributed by atoms with Crippen molar-refractivity contribution in [1.82, 2.24) is 0 Å². The second kappa shape index (κ2) is 7.28. The molecule has 0 aliphatic carbocycles. The first-order valence-electron chi connectivity index (χ1n) is 5.67. The smallest absolute Gasteiger partial charge is 0.339 e. The van der Waals surface area contributed by atoms with Gasteiger partial charge in [-0.15, -0.1) is 0 Å². The van der Waals surface area contributed by atoms with E-state index in [0.29, 0.717) is 5.75 Å². The highest BCUT2D eigenvalue weighted by atomic mass is 32.2. The van der Waals surface area contributed by atoms with Crippen LogP contribution in [0.5, 0.6) is 5.75 Å². The molecular weight excluding hydrogens is 252 g/mol. The summed E-state index contributed by atoms with van der Waals surface area (Å²) >= 11 is 1.68. The number of aliphatic hydroxyl groups is 1. The molecule has 0 spiro atoms. The maximum atomic E-state index is 11.0. The standard InChI is InChI=1S/C13H18O4S/c1-9(6-14)7-18-8-10-3-4-12(17-2)11(5-10)13(15)16/h3-5,9,14H,6-8H2,1-2H3,(H,15,16). The summed E-state index contributed by atoms with van der Waals surface area (Å²) in [5.41, 5.74) is 1.13. The van der Waals surface area contributed by atoms with E-state index in [0.717, 1.165) is 17.1 Å². The Kier molecular flexibility index (Phi) is 6.01. The fourth-order valence-electron chi connectivity index (χ4n) is 1.44. The largest absolute Gasteiger partial charge is 0.496 e. The minimum atomic E-state index is -0.984. The number of benzene rings is 1. The number of ether oxygens (including phenoxy) is 1. The van der Waals surface area contributed by atoms with Crippen LogP contribution in [0, 0.1) is 5.92 Å². The van der Waals surface area contributed by atoms with Crippen LogP contribution in [0.25, 0.3) is 0 Å². The molecule has 0 radical (unpaired) electrons. The number of rotatable bonds is 7. The van der Waals surface area contributed by atoms with Gasteiger partial charge in [0.1, 0.15) is 11.3 Å². The monoisotopic (exact) mass is 270 g/mol. The highest BCUT2D eigenvalue weighted by Crippen LogP contribution is 2.23. The molecule has 4 nitrogen and oxygen atoms in total. The summed E-state index contributed by atoms with van der Waals surface area (Å²) in [5, 5.41) is 18.0. The summed E-state index contributed by atoms with van der Waals surface area (Å²) in [4.78, 5) is 11.0. The van der Waals surface area contributed by atoms with E-state index in [1.54, 1.807) is 23.9 Å². The normalized spacial score (nSPS) is 12.2. The summed E-state index contributed by atoms with van der Waals surface area (Å²) in [6.45, 7) is 2.15. The van der Waals surface area contributed by atoms with Crippen LogP contribution in [-0.4, -0.2) is 35.7 Å². The number of carboxylic acid groups (broad SMARTS) is 1. The zero-order valence-electron chi connectivity index (χ0n) is 10.5. The van der Waals surface area contributed by atoms with E-state index in [9.17, 15) is 4.79 Å². The molecule has 1 rings (SSSR count). The fraction of sp³-hybridized carbons (Fsp3) is 0.462. The minimum Gasteiger partial charge on any atom is -0.496 e. The van der Waals surface area contributed by atoms with Crippen LogP contribution in [0.4, 0.5) is 0 Å². The van der Waals surface area contributed by atoms with Crippen molar-refractivity contribution < 1.29 is 19.7 Å². The first-order valence-corrected chi connectivity index (χ1v) is 6.82. The summed E-state index contributed by atoms with van der Waals surface area (Å²) in [7, 11) is 1.46. The van der Waals surface area contributed by atoms with Gasteiger partial charge in [0.2, 0.25) is 0 Å². The molecule has 1 aromatic rings. The zero-order chi connectivity index (χ0) is 13.5. The quantitative estimate of drug-likeness (QED) is 0.795. The van der Waals surface area contributed by atoms with Crippen molar-refractivity contribution in [2.45, 2.75) is 12.7 Å². The highest BCUT2D eigenvalue weighted by molar-refractivity contribution is 7.98. The number of hydrogen-bond acceptors (Lipinski definition) is 4. The molecule has 0 saturated carbocycles. The Labute approximate surface area is 111 Å². The number of methoxy groups -OCH3 is 1. The van der Waals surface area contributed by atoms with Crippen LogP contribution >= 0.6 is 11.8 Å². The average molecular weight is 270 g/mol. The molecule has 1 aromatic carbocycles. The van der Waals surface area contributed by atoms with Crippen molar-refractivity contribution in [3.63, 3.8) is 0 Å². The van der Waals surface area contributed by atoms with E-state index in [2.05, 4.69) is 0 Å². The molecule has 2 N–H and O–H groups in total. The number of hydrogen-bond donors (Lipinski definition) is 2. The summed E-state index contributed by atoms with van der Waals surface area (Å²) in [6.07, 6.45) is 0. The Hall–Kier alpha value is -1.20. The van der Waals surface area contributed by atoms with Gasteiger partial charge >= 0.3 is 5.97 Å². The topological polar surface area (TPSA) is 66.8 Å². The predicted octanol–water partition coefficient (Wildman–Crippen LogP) is 2.25. The lowest BCUT2D eigenvalue weighted by Crippen LogP contribution is -2.04. The lowest BCUT2D eigenvalue weighted by atomic mass is 10.1. The number of carboxylic acids is 1. The van der Waals surface area contributed by atoms with Gasteiger partial charge in [0.25, 0.3) is 0 Å². The number of thioether (sulfide) groups is 1. The van der Waals surface area contributed by atoms with Crippen molar-refractivity contribution >= 4 is 17.7 Å². The van der Waals surface area contributed by atoms with E-state index in [4.69, 9.17) is 14.9 Å². The van der Waals surface area contributed by atoms with E-state index in [1.807, 2.05) is 13.0 Å². The minimum absolute atomic E-state index is 0.177. The van der Waals surface area contributed by atoms with Gasteiger partial charge in [0, 0.05) is 12.4 Å². The van der Waals surface area contributed by atoms with Crippen LogP contribution in [0.15, 0.2) is 18.2 Å². The molecule has 0 heterocycles. The van der Waals surface area contributed by atoms with E-state index >= 15 is 0 Å². The molecule has 0 aliphatic heterocycles. The van der Waals surface area contributed by atoms with E-state index in [1.165, 1.54) is 7.11 Å². The van der Waals surface area contributed by atoms with Gasteiger partial charge in [-0.2, -0.15) is 11.8 Å². The van der Waals surface area contributed by atoms with Gasteiger partial charge in [0.15, 0.2) is 0 Å². The first kappa shape index (κ1) is 14.9. The summed E-state index contributed by atoms with van der Waals surface area (Å²) in [5.74, 6) is 1.23. The van der Waals surface area contributed by atoms with Crippen molar-refractivity contribution in [3.05, 3.63) is 29.3 Å². The SMILES string of the molecule is COc1ccc(CSCC(C)CO)cc1C(=O)O. The maximum Gasteiger partial charge on any atom is 0.339 e. The molecule has 100 valence electrons. The Morgan fingerprint density at radius 2 is 2.22 bits per heavy atom. The Morgan fingerprint density at radius 1 is 1.50 bits per heavy atom. The average Bonchev–Trinajstić information content (AvgIpc) is 2.38. The van der Waals surface area contributed by atoms with Gasteiger partial charge in [-0.05, 0) is 29.4 Å². The van der Waals surface area contributed by atoms with Crippen LogP contribution in [0.2, 0.25) is 0 Å². The number of aliphatic hydroxyl groups excluding tert-OH is 1. The molecule has 1 atom stereocenters. The van der Waals surface area contributed by atoms with Crippen LogP contribution < -0.4 is 4.74 Å². The van der Waals surface area contributed by atoms with Gasteiger partial charge in [-0.1, -0.05) is 13.0 Å². The fourth-order valence-corrected chi connectivity index (χ4v) is 2.48. The first-order chi connectivity index (χ1) is 8.58. The van der Waals surface area contributed by atoms with Crippen molar-refractivity contribution in [2.24, 2.45) is 5.92 Å². The second-order valence-corrected chi connectivity index (χ2v) is 5.17. The lowest BCUT2D eigenvalue weighted by Gasteiger charge is -2.09. The van der Waals surface area contributed by atoms with Crippen LogP contribution in [-0.2, 0) is 5.75 Å². The third kappa shape index (κ3) is 4.23. The molecule has 5 heteroatoms. The third-order valence-corrected chi connectivity index (χ3v) is 3.82. The van der Waals surface area contributed by atoms with Gasteiger partial charge in [0.05, 0.1) is 7.11 Å². The predicted molar refractivity (Wildman–Crippen MR) is 72.4 cm³/mol. The molecular formula is C13H18O4S. The Bertz CT molecular complexity index is 406. The number of carbonyl (C=O) groups is 1. The zero-order valence-corrected chi connectivity index (χ0v) is 11.4. The third-order valence-electron chi connectivity index (χ3n) is 2.48. The molecule has 0 aromatic heterocycles. The van der Waals surface area contributed by atoms with Gasteiger partial charge in [-0.3, -0.25) is 0 Å². The van der Waals surface area contributed by atoms with Gasteiger partial charge in [-0.25, -0.2) is 4.79 Å². The van der Waals surface area contributed by atoms with Crippen molar-refractivity contribution in [1.29, 1.82) is 0 Å². The van der Waals surface area contributed by atoms with Gasteiger partial charge < -0.3 is 14.9 Å². The summed E-state index contributed by atoms with van der Waals surface area (Å²) < 4.78 is 5.00. The lowest BCUT2D eigenvalue weighted by molar-refractivity contribution is 0.0693. The Morgan fingerprint density at radius 3 is 2.78 bits per heavy atom. The number of aromatic carboxylic acids is 1. The molecule has 18 heavy (non-hydrogen) atoms. The molecule has 0 saturated heterocycles. The molecule has 0 bridgehead atoms. The van der Waals surface area contributed by atoms with Crippen molar-refractivity contribution in [2.75, 3.05) is 19.5 Å². The summed E-state index contributed by atoms with van der Waals surface area (Å²) in [6, 6.07) is 5.18. The van der Waals surface area contributed by atoms with E-state index < -0.39 is 5.97 Å². The molecule has 0 amide bonds. The Balaban J connectivity index is 2.67. The van der Waals surface area contributed by atoms with Crippen LogP contribution in [0.3, 0.4) is 0 Å². The van der Waals surface area contributed by atoms with E-state index in [-0.39, 0.29) is 18.1 Å². The molecule has 0 aliphatic rings. The van der Waals surface area contributed by atoms with Crippen LogP contribution in [0.1, 0.15) is 22.8 Å². The molecule has 1 unspecified atom stereocenters. The van der Waals surface area contributed by atoms with Crippen molar-refractivity contribution in [3.8, 4) is 5.75 Å². The highest BCUT2D eigenvalue weighted by Gasteiger charge is 2.11.